The summed E-state index contributed by atoms with van der Waals surface area (Å²) < 4.78 is 3.20. The molecule has 6 heteroatoms. The molecule has 3 nitrogen and oxygen atoms in total. The van der Waals surface area contributed by atoms with E-state index in [1.54, 1.807) is 55.5 Å². The molecule has 120 valence electrons. The first kappa shape index (κ1) is 17.8. The average Bonchev–Trinajstić information content (AvgIpc) is 2.53. The van der Waals surface area contributed by atoms with Crippen molar-refractivity contribution in [2.24, 2.45) is 0 Å². The Kier molecular flexibility index (Phi) is 5.69. The van der Waals surface area contributed by atoms with Crippen LogP contribution in [0.15, 0.2) is 48.5 Å². The van der Waals surface area contributed by atoms with E-state index in [1.807, 2.05) is 0 Å². The molecular weight excluding hydrogens is 359 g/mol. The first-order valence-corrected chi connectivity index (χ1v) is 7.85. The van der Waals surface area contributed by atoms with Crippen LogP contribution < -0.4 is 4.74 Å². The van der Waals surface area contributed by atoms with Crippen molar-refractivity contribution in [2.45, 2.75) is 11.3 Å². The molecule has 2 rings (SSSR count). The molecule has 0 spiro atoms. The van der Waals surface area contributed by atoms with Gasteiger partial charge in [0, 0.05) is 10.6 Å². The van der Waals surface area contributed by atoms with Crippen LogP contribution in [0, 0.1) is 6.92 Å². The van der Waals surface area contributed by atoms with Crippen LogP contribution in [0.4, 0.5) is 0 Å². The molecular formula is C17H13Cl3O3. The van der Waals surface area contributed by atoms with Crippen LogP contribution in [0.3, 0.4) is 0 Å². The van der Waals surface area contributed by atoms with Crippen molar-refractivity contribution in [3.05, 3.63) is 64.7 Å². The lowest BCUT2D eigenvalue weighted by atomic mass is 10.1. The number of Topliss-reactive ketones (excluding diaryl/α,β-unsaturated/α-hetero) is 2. The highest BCUT2D eigenvalue weighted by molar-refractivity contribution is 6.69. The molecule has 0 saturated heterocycles. The van der Waals surface area contributed by atoms with Gasteiger partial charge in [0.1, 0.15) is 5.75 Å². The minimum atomic E-state index is -2.19. The molecule has 0 fully saturated rings. The quantitative estimate of drug-likeness (QED) is 0.421. The van der Waals surface area contributed by atoms with Gasteiger partial charge in [-0.05, 0) is 30.7 Å². The van der Waals surface area contributed by atoms with Gasteiger partial charge in [0.25, 0.3) is 0 Å². The van der Waals surface area contributed by atoms with Crippen LogP contribution in [0.5, 0.6) is 5.75 Å². The summed E-state index contributed by atoms with van der Waals surface area (Å²) in [4.78, 5) is 24.5. The van der Waals surface area contributed by atoms with Crippen molar-refractivity contribution in [2.75, 3.05) is 6.61 Å². The SMILES string of the molecule is Cc1cc(Cl)ccc1OCC(=O)C(Cl)(Cl)C(=O)c1ccccc1. The fourth-order valence-electron chi connectivity index (χ4n) is 1.91. The third-order valence-corrected chi connectivity index (χ3v) is 4.17. The Morgan fingerprint density at radius 2 is 1.74 bits per heavy atom. The van der Waals surface area contributed by atoms with Gasteiger partial charge in [-0.2, -0.15) is 0 Å². The standard InChI is InChI=1S/C17H13Cl3O3/c1-11-9-13(18)7-8-14(11)23-10-15(21)17(19,20)16(22)12-5-3-2-4-6-12/h2-9H,10H2,1H3. The number of rotatable bonds is 6. The lowest BCUT2D eigenvalue weighted by Crippen LogP contribution is -2.39. The lowest BCUT2D eigenvalue weighted by Gasteiger charge is -2.17. The summed E-state index contributed by atoms with van der Waals surface area (Å²) in [5, 5.41) is 0.560. The van der Waals surface area contributed by atoms with Crippen LogP contribution >= 0.6 is 34.8 Å². The fourth-order valence-corrected chi connectivity index (χ4v) is 2.46. The van der Waals surface area contributed by atoms with Gasteiger partial charge in [-0.15, -0.1) is 0 Å². The number of ether oxygens (including phenoxy) is 1. The van der Waals surface area contributed by atoms with Crippen molar-refractivity contribution >= 4 is 46.4 Å². The van der Waals surface area contributed by atoms with E-state index in [0.29, 0.717) is 10.8 Å². The molecule has 0 aliphatic heterocycles. The summed E-state index contributed by atoms with van der Waals surface area (Å²) in [7, 11) is 0. The van der Waals surface area contributed by atoms with Gasteiger partial charge in [0.2, 0.25) is 15.9 Å². The maximum atomic E-state index is 12.3. The summed E-state index contributed by atoms with van der Waals surface area (Å²) in [6.45, 7) is 1.36. The average molecular weight is 372 g/mol. The summed E-state index contributed by atoms with van der Waals surface area (Å²) in [5.41, 5.74) is 1.02. The number of aryl methyl sites for hydroxylation is 1. The molecule has 0 atom stereocenters. The monoisotopic (exact) mass is 370 g/mol. The van der Waals surface area contributed by atoms with Gasteiger partial charge in [0.05, 0.1) is 0 Å². The largest absolute Gasteiger partial charge is 0.485 e. The van der Waals surface area contributed by atoms with Crippen molar-refractivity contribution in [1.82, 2.24) is 0 Å². The van der Waals surface area contributed by atoms with E-state index in [9.17, 15) is 9.59 Å². The molecule has 23 heavy (non-hydrogen) atoms. The highest BCUT2D eigenvalue weighted by Crippen LogP contribution is 2.28. The van der Waals surface area contributed by atoms with Crippen molar-refractivity contribution in [3.63, 3.8) is 0 Å². The third-order valence-electron chi connectivity index (χ3n) is 3.17. The lowest BCUT2D eigenvalue weighted by molar-refractivity contribution is -0.120. The maximum absolute atomic E-state index is 12.3. The summed E-state index contributed by atoms with van der Waals surface area (Å²) >= 11 is 17.8. The number of hydrogen-bond donors (Lipinski definition) is 0. The predicted molar refractivity (Wildman–Crippen MR) is 91.9 cm³/mol. The molecule has 0 bridgehead atoms. The van der Waals surface area contributed by atoms with Crippen LogP contribution in [0.2, 0.25) is 5.02 Å². The zero-order valence-electron chi connectivity index (χ0n) is 12.2. The molecule has 0 aliphatic carbocycles. The number of benzene rings is 2. The second-order valence-corrected chi connectivity index (χ2v) is 6.66. The van der Waals surface area contributed by atoms with Crippen LogP contribution in [0.1, 0.15) is 15.9 Å². The normalized spacial score (nSPS) is 11.1. The molecule has 0 amide bonds. The van der Waals surface area contributed by atoms with Crippen molar-refractivity contribution in [1.29, 1.82) is 0 Å². The smallest absolute Gasteiger partial charge is 0.241 e. The zero-order chi connectivity index (χ0) is 17.0. The first-order chi connectivity index (χ1) is 10.8. The van der Waals surface area contributed by atoms with E-state index in [0.717, 1.165) is 5.56 Å². The molecule has 0 aromatic heterocycles. The Bertz CT molecular complexity index is 727. The number of alkyl halides is 2. The molecule has 0 N–H and O–H groups in total. The van der Waals surface area contributed by atoms with E-state index in [4.69, 9.17) is 39.5 Å². The van der Waals surface area contributed by atoms with Gasteiger partial charge in [-0.3, -0.25) is 9.59 Å². The van der Waals surface area contributed by atoms with Crippen LogP contribution in [0.25, 0.3) is 0 Å². The van der Waals surface area contributed by atoms with Gasteiger partial charge >= 0.3 is 0 Å². The van der Waals surface area contributed by atoms with Gasteiger partial charge < -0.3 is 4.74 Å². The van der Waals surface area contributed by atoms with E-state index in [-0.39, 0.29) is 5.56 Å². The van der Waals surface area contributed by atoms with E-state index >= 15 is 0 Å². The minimum absolute atomic E-state index is 0.258. The molecule has 0 aliphatic rings. The molecule has 0 heterocycles. The van der Waals surface area contributed by atoms with E-state index < -0.39 is 22.5 Å². The second-order valence-electron chi connectivity index (χ2n) is 4.89. The topological polar surface area (TPSA) is 43.4 Å². The highest BCUT2D eigenvalue weighted by Gasteiger charge is 2.42. The van der Waals surface area contributed by atoms with Gasteiger partial charge in [0.15, 0.2) is 6.61 Å². The molecule has 2 aromatic carbocycles. The molecule has 0 unspecified atom stereocenters. The zero-order valence-corrected chi connectivity index (χ0v) is 14.5. The number of carbonyl (C=O) groups excluding carboxylic acids is 2. The summed E-state index contributed by atoms with van der Waals surface area (Å²) in [6, 6.07) is 13.1. The van der Waals surface area contributed by atoms with E-state index in [1.165, 1.54) is 0 Å². The maximum Gasteiger partial charge on any atom is 0.241 e. The molecule has 0 radical (unpaired) electrons. The number of hydrogen-bond acceptors (Lipinski definition) is 3. The number of halogens is 3. The number of carbonyl (C=O) groups is 2. The Morgan fingerprint density at radius 1 is 1.09 bits per heavy atom. The van der Waals surface area contributed by atoms with Gasteiger partial charge in [-0.1, -0.05) is 65.1 Å². The van der Waals surface area contributed by atoms with Gasteiger partial charge in [-0.25, -0.2) is 0 Å². The third kappa shape index (κ3) is 4.25. The fraction of sp³-hybridized carbons (Fsp3) is 0.176. The Balaban J connectivity index is 2.08. The highest BCUT2D eigenvalue weighted by atomic mass is 35.5. The van der Waals surface area contributed by atoms with Crippen molar-refractivity contribution < 1.29 is 14.3 Å². The Labute approximate surface area is 149 Å². The minimum Gasteiger partial charge on any atom is -0.485 e. The Hall–Kier alpha value is -1.55. The summed E-state index contributed by atoms with van der Waals surface area (Å²) in [6.07, 6.45) is 0. The predicted octanol–water partition coefficient (Wildman–Crippen LogP) is 4.65. The van der Waals surface area contributed by atoms with Crippen LogP contribution in [-0.4, -0.2) is 22.5 Å². The number of ketones is 2. The first-order valence-electron chi connectivity index (χ1n) is 6.72. The molecule has 0 saturated carbocycles. The summed E-state index contributed by atoms with van der Waals surface area (Å²) in [5.74, 6) is -0.939. The molecule has 2 aromatic rings. The Morgan fingerprint density at radius 3 is 2.35 bits per heavy atom. The van der Waals surface area contributed by atoms with Crippen molar-refractivity contribution in [3.8, 4) is 5.75 Å². The van der Waals surface area contributed by atoms with Crippen LogP contribution in [-0.2, 0) is 4.79 Å². The van der Waals surface area contributed by atoms with E-state index in [2.05, 4.69) is 0 Å². The second kappa shape index (κ2) is 7.35.